The van der Waals surface area contributed by atoms with Gasteiger partial charge in [0.25, 0.3) is 11.5 Å². The molecule has 0 aliphatic rings. The third-order valence-corrected chi connectivity index (χ3v) is 2.14. The Bertz CT molecular complexity index is 575. The summed E-state index contributed by atoms with van der Waals surface area (Å²) in [7, 11) is 0. The topological polar surface area (TPSA) is 78.0 Å². The Hall–Kier alpha value is -2.43. The van der Waals surface area contributed by atoms with Gasteiger partial charge < -0.3 is 5.73 Å². The zero-order chi connectivity index (χ0) is 11.5. The van der Waals surface area contributed by atoms with Crippen molar-refractivity contribution in [2.24, 2.45) is 5.73 Å². The van der Waals surface area contributed by atoms with Crippen LogP contribution in [0.15, 0.2) is 47.7 Å². The Kier molecular flexibility index (Phi) is 2.51. The summed E-state index contributed by atoms with van der Waals surface area (Å²) in [6, 6.07) is 6.42. The Morgan fingerprint density at radius 2 is 2.12 bits per heavy atom. The van der Waals surface area contributed by atoms with Crippen molar-refractivity contribution in [3.63, 3.8) is 0 Å². The maximum atomic E-state index is 11.8. The van der Waals surface area contributed by atoms with Gasteiger partial charge in [0.05, 0.1) is 11.9 Å². The molecule has 2 aromatic heterocycles. The normalized spacial score (nSPS) is 10.0. The molecule has 80 valence electrons. The minimum atomic E-state index is -0.733. The summed E-state index contributed by atoms with van der Waals surface area (Å²) >= 11 is 0. The highest BCUT2D eigenvalue weighted by Gasteiger charge is 2.08. The summed E-state index contributed by atoms with van der Waals surface area (Å²) in [6.45, 7) is 0. The van der Waals surface area contributed by atoms with Gasteiger partial charge in [-0.3, -0.25) is 19.1 Å². The summed E-state index contributed by atoms with van der Waals surface area (Å²) in [6.07, 6.45) is 4.70. The lowest BCUT2D eigenvalue weighted by molar-refractivity contribution is 0.0998. The lowest BCUT2D eigenvalue weighted by Gasteiger charge is -2.05. The first-order valence-corrected chi connectivity index (χ1v) is 4.62. The van der Waals surface area contributed by atoms with E-state index >= 15 is 0 Å². The predicted octanol–water partition coefficient (Wildman–Crippen LogP) is 0.331. The second kappa shape index (κ2) is 3.98. The quantitative estimate of drug-likeness (QED) is 0.784. The van der Waals surface area contributed by atoms with E-state index in [1.165, 1.54) is 16.8 Å². The van der Waals surface area contributed by atoms with Crippen LogP contribution in [0.3, 0.4) is 0 Å². The fourth-order valence-electron chi connectivity index (χ4n) is 1.38. The average Bonchev–Trinajstić information content (AvgIpc) is 2.30. The lowest BCUT2D eigenvalue weighted by Crippen LogP contribution is -2.28. The van der Waals surface area contributed by atoms with Crippen molar-refractivity contribution in [1.29, 1.82) is 0 Å². The zero-order valence-corrected chi connectivity index (χ0v) is 8.33. The second-order valence-electron chi connectivity index (χ2n) is 3.17. The molecule has 0 aromatic carbocycles. The van der Waals surface area contributed by atoms with Crippen molar-refractivity contribution < 1.29 is 4.79 Å². The second-order valence-corrected chi connectivity index (χ2v) is 3.17. The standard InChI is InChI=1S/C11H9N3O2/c12-10(15)9-4-2-6-14(11(9)16)8-3-1-5-13-7-8/h1-7H,(H2,12,15). The molecule has 5 nitrogen and oxygen atoms in total. The van der Waals surface area contributed by atoms with E-state index in [4.69, 9.17) is 5.73 Å². The van der Waals surface area contributed by atoms with E-state index < -0.39 is 11.5 Å². The molecule has 0 unspecified atom stereocenters. The van der Waals surface area contributed by atoms with Gasteiger partial charge in [-0.1, -0.05) is 0 Å². The smallest absolute Gasteiger partial charge is 0.267 e. The molecule has 1 amide bonds. The van der Waals surface area contributed by atoms with Gasteiger partial charge in [0.1, 0.15) is 5.56 Å². The van der Waals surface area contributed by atoms with Gasteiger partial charge in [-0.15, -0.1) is 0 Å². The van der Waals surface area contributed by atoms with Crippen LogP contribution in [0.2, 0.25) is 0 Å². The van der Waals surface area contributed by atoms with Crippen LogP contribution in [0.5, 0.6) is 0 Å². The number of amides is 1. The van der Waals surface area contributed by atoms with Gasteiger partial charge >= 0.3 is 0 Å². The van der Waals surface area contributed by atoms with E-state index in [0.717, 1.165) is 0 Å². The van der Waals surface area contributed by atoms with Crippen LogP contribution in [0.25, 0.3) is 5.69 Å². The molecule has 0 aliphatic carbocycles. The first-order valence-electron chi connectivity index (χ1n) is 4.62. The van der Waals surface area contributed by atoms with Crippen LogP contribution in [0.4, 0.5) is 0 Å². The van der Waals surface area contributed by atoms with Crippen molar-refractivity contribution >= 4 is 5.91 Å². The number of aromatic nitrogens is 2. The van der Waals surface area contributed by atoms with Crippen molar-refractivity contribution in [1.82, 2.24) is 9.55 Å². The number of nitrogens with two attached hydrogens (primary N) is 1. The van der Waals surface area contributed by atoms with Crippen molar-refractivity contribution in [2.45, 2.75) is 0 Å². The third kappa shape index (κ3) is 1.70. The fourth-order valence-corrected chi connectivity index (χ4v) is 1.38. The number of carbonyl (C=O) groups excluding carboxylic acids is 1. The Labute approximate surface area is 91.2 Å². The number of rotatable bonds is 2. The largest absolute Gasteiger partial charge is 0.365 e. The molecule has 0 fully saturated rings. The first-order chi connectivity index (χ1) is 7.70. The maximum Gasteiger partial charge on any atom is 0.267 e. The number of hydrogen-bond donors (Lipinski definition) is 1. The van der Waals surface area contributed by atoms with Crippen LogP contribution in [-0.4, -0.2) is 15.5 Å². The predicted molar refractivity (Wildman–Crippen MR) is 58.4 cm³/mol. The van der Waals surface area contributed by atoms with E-state index in [1.54, 1.807) is 30.6 Å². The van der Waals surface area contributed by atoms with Crippen LogP contribution < -0.4 is 11.3 Å². The number of carbonyl (C=O) groups is 1. The highest BCUT2D eigenvalue weighted by molar-refractivity contribution is 5.92. The van der Waals surface area contributed by atoms with E-state index in [1.807, 2.05) is 0 Å². The minimum absolute atomic E-state index is 0.0358. The van der Waals surface area contributed by atoms with Crippen LogP contribution >= 0.6 is 0 Å². The van der Waals surface area contributed by atoms with Gasteiger partial charge in [0, 0.05) is 12.4 Å². The first kappa shape index (κ1) is 10.1. The fraction of sp³-hybridized carbons (Fsp3) is 0. The SMILES string of the molecule is NC(=O)c1cccn(-c2cccnc2)c1=O. The molecule has 2 heterocycles. The van der Waals surface area contributed by atoms with Crippen LogP contribution in [0.1, 0.15) is 10.4 Å². The molecule has 0 spiro atoms. The average molecular weight is 215 g/mol. The maximum absolute atomic E-state index is 11.8. The number of pyridine rings is 2. The number of primary amides is 1. The van der Waals surface area contributed by atoms with Gasteiger partial charge in [-0.05, 0) is 24.3 Å². The highest BCUT2D eigenvalue weighted by atomic mass is 16.2. The summed E-state index contributed by atoms with van der Waals surface area (Å²) in [5.74, 6) is -0.733. The molecule has 0 saturated carbocycles. The van der Waals surface area contributed by atoms with Gasteiger partial charge in [-0.2, -0.15) is 0 Å². The summed E-state index contributed by atoms with van der Waals surface area (Å²) in [4.78, 5) is 26.7. The highest BCUT2D eigenvalue weighted by Crippen LogP contribution is 2.02. The minimum Gasteiger partial charge on any atom is -0.365 e. The van der Waals surface area contributed by atoms with Gasteiger partial charge in [0.2, 0.25) is 0 Å². The molecule has 2 rings (SSSR count). The third-order valence-electron chi connectivity index (χ3n) is 2.14. The van der Waals surface area contributed by atoms with Gasteiger partial charge in [-0.25, -0.2) is 0 Å². The zero-order valence-electron chi connectivity index (χ0n) is 8.33. The molecule has 0 bridgehead atoms. The summed E-state index contributed by atoms with van der Waals surface area (Å²) in [5, 5.41) is 0. The van der Waals surface area contributed by atoms with E-state index in [0.29, 0.717) is 5.69 Å². The van der Waals surface area contributed by atoms with E-state index in [2.05, 4.69) is 4.98 Å². The van der Waals surface area contributed by atoms with Crippen LogP contribution in [-0.2, 0) is 0 Å². The van der Waals surface area contributed by atoms with Crippen molar-refractivity contribution in [3.8, 4) is 5.69 Å². The van der Waals surface area contributed by atoms with E-state index in [-0.39, 0.29) is 5.56 Å². The monoisotopic (exact) mass is 215 g/mol. The van der Waals surface area contributed by atoms with Crippen LogP contribution in [0, 0.1) is 0 Å². The number of nitrogens with zero attached hydrogens (tertiary/aromatic N) is 2. The number of hydrogen-bond acceptors (Lipinski definition) is 3. The molecule has 2 N–H and O–H groups in total. The molecule has 5 heteroatoms. The molecule has 0 saturated heterocycles. The Morgan fingerprint density at radius 1 is 1.31 bits per heavy atom. The molecule has 0 aliphatic heterocycles. The molecule has 0 atom stereocenters. The van der Waals surface area contributed by atoms with Crippen molar-refractivity contribution in [2.75, 3.05) is 0 Å². The van der Waals surface area contributed by atoms with E-state index in [9.17, 15) is 9.59 Å². The lowest BCUT2D eigenvalue weighted by atomic mass is 10.2. The molecule has 16 heavy (non-hydrogen) atoms. The van der Waals surface area contributed by atoms with Gasteiger partial charge in [0.15, 0.2) is 0 Å². The Morgan fingerprint density at radius 3 is 2.75 bits per heavy atom. The summed E-state index contributed by atoms with van der Waals surface area (Å²) in [5.41, 5.74) is 5.21. The molecular formula is C11H9N3O2. The molecule has 2 aromatic rings. The van der Waals surface area contributed by atoms with Crippen molar-refractivity contribution in [3.05, 3.63) is 58.8 Å². The summed E-state index contributed by atoms with van der Waals surface area (Å²) < 4.78 is 1.33. The molecular weight excluding hydrogens is 206 g/mol. The Balaban J connectivity index is 2.64. The molecule has 0 radical (unpaired) electrons.